The minimum atomic E-state index is 0.150. The number of pyridine rings is 1. The fourth-order valence-electron chi connectivity index (χ4n) is 2.12. The second kappa shape index (κ2) is 5.17. The fraction of sp³-hybridized carbons (Fsp3) is 0.0625. The van der Waals surface area contributed by atoms with E-state index in [1.807, 2.05) is 30.3 Å². The van der Waals surface area contributed by atoms with E-state index >= 15 is 0 Å². The standard InChI is InChI=1S/C16H12FNO2/c1-19-12-7-8-13-15(9-12)18-14(10-16(13)20-17)11-5-3-2-4-6-11/h2-10H,1H3. The van der Waals surface area contributed by atoms with Gasteiger partial charge in [-0.15, -0.1) is 0 Å². The van der Waals surface area contributed by atoms with E-state index in [4.69, 9.17) is 4.74 Å². The lowest BCUT2D eigenvalue weighted by Gasteiger charge is -2.08. The summed E-state index contributed by atoms with van der Waals surface area (Å²) in [6, 6.07) is 16.4. The summed E-state index contributed by atoms with van der Waals surface area (Å²) in [5.74, 6) is 0.816. The molecule has 3 aromatic rings. The van der Waals surface area contributed by atoms with Crippen molar-refractivity contribution < 1.29 is 14.2 Å². The number of hydrogen-bond acceptors (Lipinski definition) is 3. The molecule has 0 amide bonds. The Morgan fingerprint density at radius 1 is 1.00 bits per heavy atom. The molecule has 0 spiro atoms. The van der Waals surface area contributed by atoms with Crippen molar-refractivity contribution in [3.05, 3.63) is 54.6 Å². The maximum absolute atomic E-state index is 12.8. The van der Waals surface area contributed by atoms with E-state index in [1.54, 1.807) is 31.4 Å². The number of rotatable bonds is 3. The first-order chi connectivity index (χ1) is 9.81. The molecule has 0 aliphatic rings. The van der Waals surface area contributed by atoms with Crippen LogP contribution in [0.1, 0.15) is 0 Å². The highest BCUT2D eigenvalue weighted by atomic mass is 19.3. The molecule has 0 bridgehead atoms. The Kier molecular flexibility index (Phi) is 3.21. The van der Waals surface area contributed by atoms with Gasteiger partial charge in [0.25, 0.3) is 0 Å². The summed E-state index contributed by atoms with van der Waals surface area (Å²) >= 11 is 0. The Morgan fingerprint density at radius 2 is 1.80 bits per heavy atom. The van der Waals surface area contributed by atoms with Crippen LogP contribution in [0, 0.1) is 0 Å². The van der Waals surface area contributed by atoms with Gasteiger partial charge in [-0.25, -0.2) is 4.98 Å². The van der Waals surface area contributed by atoms with Crippen molar-refractivity contribution in [2.24, 2.45) is 0 Å². The topological polar surface area (TPSA) is 31.4 Å². The van der Waals surface area contributed by atoms with Crippen LogP contribution in [0.4, 0.5) is 4.53 Å². The van der Waals surface area contributed by atoms with Crippen molar-refractivity contribution in [2.75, 3.05) is 7.11 Å². The second-order valence-electron chi connectivity index (χ2n) is 4.33. The zero-order valence-electron chi connectivity index (χ0n) is 10.8. The van der Waals surface area contributed by atoms with Crippen molar-refractivity contribution >= 4 is 10.9 Å². The second-order valence-corrected chi connectivity index (χ2v) is 4.33. The highest BCUT2D eigenvalue weighted by Gasteiger charge is 2.10. The van der Waals surface area contributed by atoms with Crippen LogP contribution in [0.25, 0.3) is 22.2 Å². The molecule has 0 radical (unpaired) electrons. The van der Waals surface area contributed by atoms with Gasteiger partial charge in [-0.2, -0.15) is 0 Å². The maximum Gasteiger partial charge on any atom is 0.183 e. The Labute approximate surface area is 115 Å². The zero-order valence-corrected chi connectivity index (χ0v) is 10.8. The smallest absolute Gasteiger partial charge is 0.183 e. The lowest BCUT2D eigenvalue weighted by molar-refractivity contribution is -0.00424. The first-order valence-corrected chi connectivity index (χ1v) is 6.14. The van der Waals surface area contributed by atoms with E-state index in [-0.39, 0.29) is 5.75 Å². The Morgan fingerprint density at radius 3 is 2.50 bits per heavy atom. The van der Waals surface area contributed by atoms with Gasteiger partial charge in [-0.1, -0.05) is 30.3 Å². The molecule has 0 unspecified atom stereocenters. The molecule has 1 heterocycles. The van der Waals surface area contributed by atoms with Gasteiger partial charge in [0.2, 0.25) is 0 Å². The monoisotopic (exact) mass is 269 g/mol. The average Bonchev–Trinajstić information content (AvgIpc) is 2.54. The molecule has 0 aliphatic heterocycles. The van der Waals surface area contributed by atoms with Crippen molar-refractivity contribution in [1.29, 1.82) is 0 Å². The lowest BCUT2D eigenvalue weighted by Crippen LogP contribution is -1.90. The quantitative estimate of drug-likeness (QED) is 0.715. The number of benzene rings is 2. The van der Waals surface area contributed by atoms with Gasteiger partial charge >= 0.3 is 0 Å². The van der Waals surface area contributed by atoms with Gasteiger partial charge < -0.3 is 4.74 Å². The van der Waals surface area contributed by atoms with Crippen LogP contribution in [-0.4, -0.2) is 12.1 Å². The van der Waals surface area contributed by atoms with Crippen molar-refractivity contribution in [3.63, 3.8) is 0 Å². The number of methoxy groups -OCH3 is 1. The number of fused-ring (bicyclic) bond motifs is 1. The normalized spacial score (nSPS) is 10.5. The minimum Gasteiger partial charge on any atom is -0.497 e. The van der Waals surface area contributed by atoms with Crippen LogP contribution in [0.5, 0.6) is 11.5 Å². The molecular formula is C16H12FNO2. The number of aromatic nitrogens is 1. The van der Waals surface area contributed by atoms with E-state index in [1.165, 1.54) is 0 Å². The third-order valence-corrected chi connectivity index (χ3v) is 3.13. The van der Waals surface area contributed by atoms with Gasteiger partial charge in [-0.05, 0) is 12.1 Å². The molecule has 4 heteroatoms. The third kappa shape index (κ3) is 2.16. The molecule has 0 atom stereocenters. The molecular weight excluding hydrogens is 257 g/mol. The maximum atomic E-state index is 12.8. The summed E-state index contributed by atoms with van der Waals surface area (Å²) in [7, 11) is 1.58. The molecule has 3 nitrogen and oxygen atoms in total. The van der Waals surface area contributed by atoms with Crippen LogP contribution in [0.2, 0.25) is 0 Å². The van der Waals surface area contributed by atoms with Crippen LogP contribution < -0.4 is 9.68 Å². The summed E-state index contributed by atoms with van der Waals surface area (Å²) in [6.07, 6.45) is 0. The Balaban J connectivity index is 2.24. The van der Waals surface area contributed by atoms with E-state index < -0.39 is 0 Å². The van der Waals surface area contributed by atoms with Gasteiger partial charge in [0, 0.05) is 27.6 Å². The molecule has 0 saturated heterocycles. The van der Waals surface area contributed by atoms with Crippen LogP contribution in [0.3, 0.4) is 0 Å². The summed E-state index contributed by atoms with van der Waals surface area (Å²) in [4.78, 5) is 8.52. The molecule has 3 rings (SSSR count). The Hall–Kier alpha value is -2.62. The molecule has 20 heavy (non-hydrogen) atoms. The minimum absolute atomic E-state index is 0.150. The van der Waals surface area contributed by atoms with Gasteiger partial charge in [0.1, 0.15) is 5.75 Å². The SMILES string of the molecule is COc1ccc2c(OF)cc(-c3ccccc3)nc2c1. The predicted molar refractivity (Wildman–Crippen MR) is 75.5 cm³/mol. The van der Waals surface area contributed by atoms with E-state index in [2.05, 4.69) is 9.93 Å². The summed E-state index contributed by atoms with van der Waals surface area (Å²) in [5.41, 5.74) is 2.17. The molecule has 0 saturated carbocycles. The fourth-order valence-corrected chi connectivity index (χ4v) is 2.12. The van der Waals surface area contributed by atoms with E-state index in [0.717, 1.165) is 5.56 Å². The molecule has 0 N–H and O–H groups in total. The Bertz CT molecular complexity index is 744. The van der Waals surface area contributed by atoms with Crippen LogP contribution in [0.15, 0.2) is 54.6 Å². The first-order valence-electron chi connectivity index (χ1n) is 6.14. The lowest BCUT2D eigenvalue weighted by atomic mass is 10.1. The van der Waals surface area contributed by atoms with Crippen molar-refractivity contribution in [1.82, 2.24) is 4.98 Å². The summed E-state index contributed by atoms with van der Waals surface area (Å²) < 4.78 is 17.9. The molecule has 1 aromatic heterocycles. The number of ether oxygens (including phenoxy) is 1. The largest absolute Gasteiger partial charge is 0.497 e. The highest BCUT2D eigenvalue weighted by Crippen LogP contribution is 2.32. The van der Waals surface area contributed by atoms with Crippen LogP contribution >= 0.6 is 0 Å². The van der Waals surface area contributed by atoms with E-state index in [9.17, 15) is 4.53 Å². The molecule has 0 aliphatic carbocycles. The summed E-state index contributed by atoms with van der Waals surface area (Å²) in [5, 5.41) is 0.605. The van der Waals surface area contributed by atoms with Crippen molar-refractivity contribution in [3.8, 4) is 22.8 Å². The van der Waals surface area contributed by atoms with Crippen LogP contribution in [-0.2, 0) is 0 Å². The van der Waals surface area contributed by atoms with Gasteiger partial charge in [0.05, 0.1) is 18.3 Å². The van der Waals surface area contributed by atoms with E-state index in [0.29, 0.717) is 22.3 Å². The third-order valence-electron chi connectivity index (χ3n) is 3.13. The van der Waals surface area contributed by atoms with Gasteiger partial charge in [0.15, 0.2) is 5.75 Å². The molecule has 2 aromatic carbocycles. The highest BCUT2D eigenvalue weighted by molar-refractivity contribution is 5.88. The summed E-state index contributed by atoms with van der Waals surface area (Å²) in [6.45, 7) is 0. The predicted octanol–water partition coefficient (Wildman–Crippen LogP) is 4.17. The number of halogens is 1. The number of nitrogens with zero attached hydrogens (tertiary/aromatic N) is 1. The van der Waals surface area contributed by atoms with Crippen molar-refractivity contribution in [2.45, 2.75) is 0 Å². The zero-order chi connectivity index (χ0) is 13.9. The average molecular weight is 269 g/mol. The first kappa shape index (κ1) is 12.4. The molecule has 100 valence electrons. The molecule has 0 fully saturated rings. The van der Waals surface area contributed by atoms with Gasteiger partial charge in [-0.3, -0.25) is 4.94 Å². The number of hydrogen-bond donors (Lipinski definition) is 0.